The summed E-state index contributed by atoms with van der Waals surface area (Å²) >= 11 is 1.29. The molecule has 7 nitrogen and oxygen atoms in total. The summed E-state index contributed by atoms with van der Waals surface area (Å²) in [6.07, 6.45) is 2.06. The molecule has 128 valence electrons. The fourth-order valence-corrected chi connectivity index (χ4v) is 4.21. The van der Waals surface area contributed by atoms with Crippen molar-refractivity contribution < 1.29 is 14.4 Å². The van der Waals surface area contributed by atoms with E-state index in [9.17, 15) is 14.4 Å². The first-order valence-corrected chi connectivity index (χ1v) is 8.92. The largest absolute Gasteiger partial charge is 0.307 e. The lowest BCUT2D eigenvalue weighted by atomic mass is 9.95. The molecule has 2 aliphatic heterocycles. The molecule has 1 saturated heterocycles. The van der Waals surface area contributed by atoms with Gasteiger partial charge in [-0.1, -0.05) is 12.1 Å². The van der Waals surface area contributed by atoms with E-state index in [0.29, 0.717) is 22.9 Å². The number of carbonyl (C=O) groups is 3. The minimum absolute atomic E-state index is 0.160. The van der Waals surface area contributed by atoms with Crippen LogP contribution in [0.2, 0.25) is 0 Å². The molecule has 0 saturated carbocycles. The number of nitrogens with zero attached hydrogens (tertiary/aromatic N) is 3. The summed E-state index contributed by atoms with van der Waals surface area (Å²) in [6.45, 7) is 2.13. The van der Waals surface area contributed by atoms with Gasteiger partial charge >= 0.3 is 0 Å². The van der Waals surface area contributed by atoms with Gasteiger partial charge < -0.3 is 4.90 Å². The van der Waals surface area contributed by atoms with Gasteiger partial charge in [0.25, 0.3) is 11.8 Å². The van der Waals surface area contributed by atoms with Crippen molar-refractivity contribution in [3.8, 4) is 0 Å². The van der Waals surface area contributed by atoms with Gasteiger partial charge in [0.05, 0.1) is 11.3 Å². The number of benzene rings is 1. The molecule has 2 aliphatic rings. The highest BCUT2D eigenvalue weighted by atomic mass is 32.1. The number of aromatic nitrogens is 1. The first-order chi connectivity index (χ1) is 12.1. The van der Waals surface area contributed by atoms with Crippen molar-refractivity contribution in [1.29, 1.82) is 0 Å². The highest BCUT2D eigenvalue weighted by molar-refractivity contribution is 7.13. The van der Waals surface area contributed by atoms with E-state index < -0.39 is 11.6 Å². The van der Waals surface area contributed by atoms with Gasteiger partial charge in [0, 0.05) is 31.0 Å². The summed E-state index contributed by atoms with van der Waals surface area (Å²) in [6, 6.07) is 6.93. The van der Waals surface area contributed by atoms with Crippen LogP contribution in [-0.2, 0) is 9.59 Å². The Hall–Kier alpha value is -2.74. The number of fused-ring (bicyclic) bond motifs is 3. The number of carbonyl (C=O) groups excluding carboxylic acids is 3. The van der Waals surface area contributed by atoms with Crippen molar-refractivity contribution in [3.63, 3.8) is 0 Å². The molecule has 1 aromatic heterocycles. The second kappa shape index (κ2) is 5.66. The number of amides is 3. The zero-order valence-corrected chi connectivity index (χ0v) is 14.4. The van der Waals surface area contributed by atoms with Crippen LogP contribution in [0.5, 0.6) is 0 Å². The van der Waals surface area contributed by atoms with E-state index in [1.165, 1.54) is 21.1 Å². The van der Waals surface area contributed by atoms with Crippen molar-refractivity contribution in [1.82, 2.24) is 9.88 Å². The van der Waals surface area contributed by atoms with E-state index in [2.05, 4.69) is 10.3 Å². The number of likely N-dealkylation sites (N-methyl/N-ethyl adjacent to an activating group) is 1. The van der Waals surface area contributed by atoms with E-state index in [4.69, 9.17) is 0 Å². The van der Waals surface area contributed by atoms with Crippen LogP contribution in [0.15, 0.2) is 35.8 Å². The van der Waals surface area contributed by atoms with Gasteiger partial charge in [0.1, 0.15) is 0 Å². The summed E-state index contributed by atoms with van der Waals surface area (Å²) in [5, 5.41) is 4.97. The maximum atomic E-state index is 13.2. The number of thiazole rings is 1. The molecule has 0 bridgehead atoms. The van der Waals surface area contributed by atoms with Gasteiger partial charge in [0.15, 0.2) is 5.13 Å². The highest BCUT2D eigenvalue weighted by Gasteiger charge is 2.60. The Morgan fingerprint density at radius 2 is 2.16 bits per heavy atom. The van der Waals surface area contributed by atoms with Gasteiger partial charge in [-0.3, -0.25) is 24.6 Å². The molecule has 1 fully saturated rings. The predicted octanol–water partition coefficient (Wildman–Crippen LogP) is 2.08. The molecule has 0 spiro atoms. The van der Waals surface area contributed by atoms with Crippen LogP contribution in [0.3, 0.4) is 0 Å². The Morgan fingerprint density at radius 1 is 1.36 bits per heavy atom. The summed E-state index contributed by atoms with van der Waals surface area (Å²) in [4.78, 5) is 45.9. The number of hydrogen-bond acceptors (Lipinski definition) is 5. The average Bonchev–Trinajstić information content (AvgIpc) is 3.24. The molecule has 3 heterocycles. The first-order valence-electron chi connectivity index (χ1n) is 8.04. The van der Waals surface area contributed by atoms with E-state index in [1.807, 2.05) is 6.92 Å². The molecule has 1 N–H and O–H groups in total. The number of para-hydroxylation sites is 1. The lowest BCUT2D eigenvalue weighted by Gasteiger charge is -2.48. The Kier molecular flexibility index (Phi) is 3.57. The number of rotatable bonds is 3. The Labute approximate surface area is 148 Å². The molecule has 4 rings (SSSR count). The van der Waals surface area contributed by atoms with Gasteiger partial charge in [-0.2, -0.15) is 0 Å². The normalized spacial score (nSPS) is 22.0. The predicted molar refractivity (Wildman–Crippen MR) is 93.3 cm³/mol. The van der Waals surface area contributed by atoms with Crippen LogP contribution in [0.4, 0.5) is 10.8 Å². The average molecular weight is 356 g/mol. The topological polar surface area (TPSA) is 82.6 Å². The Morgan fingerprint density at radius 3 is 2.88 bits per heavy atom. The monoisotopic (exact) mass is 356 g/mol. The van der Waals surface area contributed by atoms with Crippen molar-refractivity contribution in [3.05, 3.63) is 41.4 Å². The zero-order valence-electron chi connectivity index (χ0n) is 13.6. The van der Waals surface area contributed by atoms with Crippen molar-refractivity contribution >= 4 is 39.9 Å². The van der Waals surface area contributed by atoms with E-state index in [0.717, 1.165) is 0 Å². The van der Waals surface area contributed by atoms with E-state index in [1.54, 1.807) is 35.8 Å². The van der Waals surface area contributed by atoms with Gasteiger partial charge in [-0.15, -0.1) is 11.3 Å². The van der Waals surface area contributed by atoms with Crippen LogP contribution in [0.1, 0.15) is 30.1 Å². The Bertz CT molecular complexity index is 867. The standard InChI is InChI=1S/C17H16N4O3S/c1-2-20-14(23)11-5-3-4-6-12(11)21-13(22)7-8-17(20,21)15(24)19-16-18-9-10-25-16/h3-6,9-10H,2,7-8H2,1H3,(H,18,19,24)/t17-/m1/s1. The zero-order chi connectivity index (χ0) is 17.6. The molecule has 8 heteroatoms. The van der Waals surface area contributed by atoms with Gasteiger partial charge in [0.2, 0.25) is 11.6 Å². The third-order valence-corrected chi connectivity index (χ3v) is 5.40. The number of hydrogen-bond donors (Lipinski definition) is 1. The third kappa shape index (κ3) is 2.10. The summed E-state index contributed by atoms with van der Waals surface area (Å²) in [5.41, 5.74) is -0.408. The van der Waals surface area contributed by atoms with Crippen molar-refractivity contribution in [2.24, 2.45) is 0 Å². The SMILES string of the molecule is CCN1C(=O)c2ccccc2N2C(=O)CC[C@@]12C(=O)Nc1nccs1. The van der Waals surface area contributed by atoms with Crippen LogP contribution >= 0.6 is 11.3 Å². The molecule has 0 unspecified atom stereocenters. The summed E-state index contributed by atoms with van der Waals surface area (Å²) < 4.78 is 0. The third-order valence-electron chi connectivity index (χ3n) is 4.71. The second-order valence-corrected chi connectivity index (χ2v) is 6.80. The molecular weight excluding hydrogens is 340 g/mol. The molecule has 3 amide bonds. The molecule has 2 aromatic rings. The van der Waals surface area contributed by atoms with Crippen LogP contribution in [-0.4, -0.2) is 39.8 Å². The quantitative estimate of drug-likeness (QED) is 0.913. The summed E-state index contributed by atoms with van der Waals surface area (Å²) in [5.74, 6) is -0.802. The lowest BCUT2D eigenvalue weighted by molar-refractivity contribution is -0.128. The smallest absolute Gasteiger partial charge is 0.273 e. The van der Waals surface area contributed by atoms with Crippen molar-refractivity contribution in [2.75, 3.05) is 16.8 Å². The highest BCUT2D eigenvalue weighted by Crippen LogP contribution is 2.44. The molecule has 0 aliphatic carbocycles. The molecule has 1 aromatic carbocycles. The minimum Gasteiger partial charge on any atom is -0.307 e. The van der Waals surface area contributed by atoms with E-state index >= 15 is 0 Å². The summed E-state index contributed by atoms with van der Waals surface area (Å²) in [7, 11) is 0. The van der Waals surface area contributed by atoms with Crippen LogP contribution in [0.25, 0.3) is 0 Å². The number of nitrogens with one attached hydrogen (secondary N) is 1. The maximum Gasteiger partial charge on any atom is 0.273 e. The molecular formula is C17H16N4O3S. The maximum absolute atomic E-state index is 13.2. The lowest BCUT2D eigenvalue weighted by Crippen LogP contribution is -2.69. The number of anilines is 2. The fourth-order valence-electron chi connectivity index (χ4n) is 3.69. The van der Waals surface area contributed by atoms with E-state index in [-0.39, 0.29) is 24.7 Å². The van der Waals surface area contributed by atoms with Crippen LogP contribution in [0, 0.1) is 0 Å². The van der Waals surface area contributed by atoms with Gasteiger partial charge in [-0.05, 0) is 19.1 Å². The molecule has 25 heavy (non-hydrogen) atoms. The first kappa shape index (κ1) is 15.8. The molecule has 1 atom stereocenters. The minimum atomic E-state index is -1.34. The Balaban J connectivity index is 1.87. The molecule has 0 radical (unpaired) electrons. The van der Waals surface area contributed by atoms with Crippen LogP contribution < -0.4 is 10.2 Å². The second-order valence-electron chi connectivity index (χ2n) is 5.90. The fraction of sp³-hybridized carbons (Fsp3) is 0.294. The van der Waals surface area contributed by atoms with Crippen molar-refractivity contribution in [2.45, 2.75) is 25.4 Å². The van der Waals surface area contributed by atoms with Gasteiger partial charge in [-0.25, -0.2) is 4.98 Å².